The second kappa shape index (κ2) is 4.85. The molecule has 5 nitrogen and oxygen atoms in total. The van der Waals surface area contributed by atoms with E-state index in [0.29, 0.717) is 15.7 Å². The monoisotopic (exact) mass is 314 g/mol. The van der Waals surface area contributed by atoms with Crippen molar-refractivity contribution in [3.63, 3.8) is 0 Å². The number of rotatable bonds is 2. The Balaban J connectivity index is 2.22. The molecule has 0 atom stereocenters. The Kier molecular flexibility index (Phi) is 3.44. The van der Waals surface area contributed by atoms with Crippen LogP contribution in [0.4, 0.5) is 5.69 Å². The Morgan fingerprint density at radius 1 is 1.53 bits per heavy atom. The molecule has 2 aromatic rings. The predicted molar refractivity (Wildman–Crippen MR) is 68.1 cm³/mol. The first-order chi connectivity index (χ1) is 8.06. The molecule has 0 radical (unpaired) electrons. The summed E-state index contributed by atoms with van der Waals surface area (Å²) in [5, 5.41) is 6.79. The van der Waals surface area contributed by atoms with Gasteiger partial charge in [-0.1, -0.05) is 11.6 Å². The number of nitrogens with zero attached hydrogens (tertiary/aromatic N) is 3. The number of halogens is 2. The molecule has 0 aromatic carbocycles. The van der Waals surface area contributed by atoms with Gasteiger partial charge in [0.25, 0.3) is 5.91 Å². The lowest BCUT2D eigenvalue weighted by molar-refractivity contribution is 0.102. The van der Waals surface area contributed by atoms with Gasteiger partial charge < -0.3 is 5.32 Å². The van der Waals surface area contributed by atoms with Gasteiger partial charge in [0.2, 0.25) is 0 Å². The molecule has 0 aliphatic rings. The SMILES string of the molecule is Cn1cc(NC(=O)c2cc(Br)cnc2Cl)cn1. The number of carbonyl (C=O) groups is 1. The van der Waals surface area contributed by atoms with Crippen LogP contribution in [0.2, 0.25) is 5.15 Å². The lowest BCUT2D eigenvalue weighted by atomic mass is 10.2. The zero-order valence-electron chi connectivity index (χ0n) is 8.82. The standard InChI is InChI=1S/C10H8BrClN4O/c1-16-5-7(4-14-16)15-10(17)8-2-6(11)3-13-9(8)12/h2-5H,1H3,(H,15,17). The number of hydrogen-bond donors (Lipinski definition) is 1. The number of aromatic nitrogens is 3. The quantitative estimate of drug-likeness (QED) is 0.866. The van der Waals surface area contributed by atoms with Crippen molar-refractivity contribution in [3.8, 4) is 0 Å². The Morgan fingerprint density at radius 3 is 2.94 bits per heavy atom. The maximum Gasteiger partial charge on any atom is 0.258 e. The maximum absolute atomic E-state index is 11.9. The van der Waals surface area contributed by atoms with E-state index in [1.807, 2.05) is 0 Å². The first-order valence-corrected chi connectivity index (χ1v) is 5.84. The number of nitrogens with one attached hydrogen (secondary N) is 1. The summed E-state index contributed by atoms with van der Waals surface area (Å²) in [6, 6.07) is 1.61. The summed E-state index contributed by atoms with van der Waals surface area (Å²) >= 11 is 9.09. The number of amides is 1. The third-order valence-electron chi connectivity index (χ3n) is 2.01. The number of pyridine rings is 1. The Morgan fingerprint density at radius 2 is 2.29 bits per heavy atom. The van der Waals surface area contributed by atoms with Crippen LogP contribution in [0.3, 0.4) is 0 Å². The van der Waals surface area contributed by atoms with E-state index in [-0.39, 0.29) is 11.1 Å². The summed E-state index contributed by atoms with van der Waals surface area (Å²) < 4.78 is 2.29. The van der Waals surface area contributed by atoms with Crippen LogP contribution >= 0.6 is 27.5 Å². The van der Waals surface area contributed by atoms with Crippen LogP contribution in [0.15, 0.2) is 29.1 Å². The summed E-state index contributed by atoms with van der Waals surface area (Å²) in [4.78, 5) is 15.8. The van der Waals surface area contributed by atoms with Gasteiger partial charge >= 0.3 is 0 Å². The highest BCUT2D eigenvalue weighted by Gasteiger charge is 2.12. The number of carbonyl (C=O) groups excluding carboxylic acids is 1. The van der Waals surface area contributed by atoms with Crippen molar-refractivity contribution in [3.05, 3.63) is 39.8 Å². The van der Waals surface area contributed by atoms with E-state index in [1.54, 1.807) is 30.2 Å². The molecule has 0 fully saturated rings. The first kappa shape index (κ1) is 12.1. The molecule has 0 saturated carbocycles. The topological polar surface area (TPSA) is 59.8 Å². The second-order valence-electron chi connectivity index (χ2n) is 3.35. The van der Waals surface area contributed by atoms with Gasteiger partial charge in [-0.05, 0) is 22.0 Å². The fourth-order valence-corrected chi connectivity index (χ4v) is 1.79. The molecule has 88 valence electrons. The van der Waals surface area contributed by atoms with Crippen LogP contribution in [-0.4, -0.2) is 20.7 Å². The van der Waals surface area contributed by atoms with E-state index in [4.69, 9.17) is 11.6 Å². The molecule has 0 aliphatic carbocycles. The molecule has 2 heterocycles. The highest BCUT2D eigenvalue weighted by Crippen LogP contribution is 2.19. The van der Waals surface area contributed by atoms with Crippen LogP contribution in [0.25, 0.3) is 0 Å². The smallest absolute Gasteiger partial charge is 0.258 e. The van der Waals surface area contributed by atoms with E-state index in [2.05, 4.69) is 31.3 Å². The molecule has 17 heavy (non-hydrogen) atoms. The molecule has 7 heteroatoms. The van der Waals surface area contributed by atoms with Crippen molar-refractivity contribution in [2.45, 2.75) is 0 Å². The van der Waals surface area contributed by atoms with Crippen LogP contribution in [-0.2, 0) is 7.05 Å². The Hall–Kier alpha value is -1.40. The lowest BCUT2D eigenvalue weighted by Gasteiger charge is -2.04. The Bertz CT molecular complexity index is 569. The van der Waals surface area contributed by atoms with E-state index < -0.39 is 0 Å². The van der Waals surface area contributed by atoms with E-state index in [9.17, 15) is 4.79 Å². The molecule has 0 unspecified atom stereocenters. The van der Waals surface area contributed by atoms with Gasteiger partial charge in [0, 0.05) is 23.9 Å². The fraction of sp³-hybridized carbons (Fsp3) is 0.100. The van der Waals surface area contributed by atoms with Crippen molar-refractivity contribution in [1.82, 2.24) is 14.8 Å². The lowest BCUT2D eigenvalue weighted by Crippen LogP contribution is -2.12. The normalized spacial score (nSPS) is 10.3. The van der Waals surface area contributed by atoms with Gasteiger partial charge in [0.05, 0.1) is 17.4 Å². The van der Waals surface area contributed by atoms with Crippen molar-refractivity contribution in [2.24, 2.45) is 7.05 Å². The van der Waals surface area contributed by atoms with Crippen molar-refractivity contribution in [1.29, 1.82) is 0 Å². The van der Waals surface area contributed by atoms with Crippen LogP contribution in [0, 0.1) is 0 Å². The van der Waals surface area contributed by atoms with E-state index in [0.717, 1.165) is 0 Å². The minimum absolute atomic E-state index is 0.162. The van der Waals surface area contributed by atoms with Gasteiger partial charge in [-0.2, -0.15) is 5.10 Å². The highest BCUT2D eigenvalue weighted by atomic mass is 79.9. The molecule has 0 saturated heterocycles. The first-order valence-electron chi connectivity index (χ1n) is 4.67. The minimum atomic E-state index is -0.322. The summed E-state index contributed by atoms with van der Waals surface area (Å²) in [5.74, 6) is -0.322. The molecule has 1 N–H and O–H groups in total. The molecule has 0 spiro atoms. The van der Waals surface area contributed by atoms with Crippen molar-refractivity contribution >= 4 is 39.1 Å². The van der Waals surface area contributed by atoms with Gasteiger partial charge in [-0.3, -0.25) is 9.48 Å². The minimum Gasteiger partial charge on any atom is -0.319 e. The summed E-state index contributed by atoms with van der Waals surface area (Å²) in [6.45, 7) is 0. The summed E-state index contributed by atoms with van der Waals surface area (Å²) in [7, 11) is 1.77. The number of hydrogen-bond acceptors (Lipinski definition) is 3. The van der Waals surface area contributed by atoms with Gasteiger partial charge in [-0.15, -0.1) is 0 Å². The number of aryl methyl sites for hydroxylation is 1. The number of anilines is 1. The maximum atomic E-state index is 11.9. The summed E-state index contributed by atoms with van der Waals surface area (Å²) in [6.07, 6.45) is 4.78. The van der Waals surface area contributed by atoms with Gasteiger partial charge in [0.1, 0.15) is 5.15 Å². The average molecular weight is 316 g/mol. The van der Waals surface area contributed by atoms with E-state index in [1.165, 1.54) is 6.20 Å². The molecular weight excluding hydrogens is 307 g/mol. The molecule has 2 rings (SSSR count). The zero-order chi connectivity index (χ0) is 12.4. The third kappa shape index (κ3) is 2.83. The molecular formula is C10H8BrClN4O. The Labute approximate surface area is 111 Å². The highest BCUT2D eigenvalue weighted by molar-refractivity contribution is 9.10. The fourth-order valence-electron chi connectivity index (χ4n) is 1.27. The van der Waals surface area contributed by atoms with Crippen LogP contribution in [0.1, 0.15) is 10.4 Å². The molecule has 0 bridgehead atoms. The van der Waals surface area contributed by atoms with Crippen LogP contribution in [0.5, 0.6) is 0 Å². The largest absolute Gasteiger partial charge is 0.319 e. The predicted octanol–water partition coefficient (Wildman–Crippen LogP) is 2.48. The average Bonchev–Trinajstić information content (AvgIpc) is 2.67. The molecule has 1 amide bonds. The van der Waals surface area contributed by atoms with Crippen molar-refractivity contribution in [2.75, 3.05) is 5.32 Å². The van der Waals surface area contributed by atoms with Gasteiger partial charge in [-0.25, -0.2) is 4.98 Å². The second-order valence-corrected chi connectivity index (χ2v) is 4.62. The van der Waals surface area contributed by atoms with Crippen LogP contribution < -0.4 is 5.32 Å². The summed E-state index contributed by atoms with van der Waals surface area (Å²) in [5.41, 5.74) is 0.915. The zero-order valence-corrected chi connectivity index (χ0v) is 11.2. The van der Waals surface area contributed by atoms with Gasteiger partial charge in [0.15, 0.2) is 0 Å². The third-order valence-corrected chi connectivity index (χ3v) is 2.75. The molecule has 2 aromatic heterocycles. The molecule has 0 aliphatic heterocycles. The van der Waals surface area contributed by atoms with E-state index >= 15 is 0 Å². The van der Waals surface area contributed by atoms with Crippen molar-refractivity contribution < 1.29 is 4.79 Å².